The molecule has 5 nitrogen and oxygen atoms in total. The fraction of sp³-hybridized carbons (Fsp3) is 0.381. The van der Waals surface area contributed by atoms with Gasteiger partial charge in [0.2, 0.25) is 0 Å². The zero-order valence-corrected chi connectivity index (χ0v) is 17.1. The van der Waals surface area contributed by atoms with E-state index in [2.05, 4.69) is 6.92 Å². The molecule has 146 valence electrons. The van der Waals surface area contributed by atoms with Gasteiger partial charge in [0.05, 0.1) is 6.26 Å². The zero-order valence-electron chi connectivity index (χ0n) is 16.3. The zero-order chi connectivity index (χ0) is 20.0. The number of amides is 1. The minimum Gasteiger partial charge on any atom is -0.383 e. The molecule has 0 saturated heterocycles. The highest BCUT2D eigenvalue weighted by Crippen LogP contribution is 2.20. The van der Waals surface area contributed by atoms with Crippen LogP contribution in [0.25, 0.3) is 0 Å². The molecule has 0 aliphatic heterocycles. The van der Waals surface area contributed by atoms with Gasteiger partial charge in [-0.1, -0.05) is 38.1 Å². The van der Waals surface area contributed by atoms with Crippen LogP contribution in [0.1, 0.15) is 48.7 Å². The minimum absolute atomic E-state index is 0.0403. The van der Waals surface area contributed by atoms with E-state index in [4.69, 9.17) is 4.18 Å². The highest BCUT2D eigenvalue weighted by molar-refractivity contribution is 7.86. The van der Waals surface area contributed by atoms with E-state index in [1.807, 2.05) is 44.2 Å². The van der Waals surface area contributed by atoms with Gasteiger partial charge in [0.1, 0.15) is 5.75 Å². The van der Waals surface area contributed by atoms with Gasteiger partial charge in [-0.05, 0) is 55.2 Å². The predicted octanol–water partition coefficient (Wildman–Crippen LogP) is 4.03. The molecule has 1 unspecified atom stereocenters. The first-order chi connectivity index (χ1) is 12.7. The third kappa shape index (κ3) is 6.10. The van der Waals surface area contributed by atoms with Crippen LogP contribution < -0.4 is 4.18 Å². The van der Waals surface area contributed by atoms with Gasteiger partial charge in [0.25, 0.3) is 5.91 Å². The lowest BCUT2D eigenvalue weighted by Gasteiger charge is -2.29. The van der Waals surface area contributed by atoms with Gasteiger partial charge < -0.3 is 9.08 Å². The Bertz CT molecular complexity index is 875. The number of aryl methyl sites for hydroxylation is 1. The van der Waals surface area contributed by atoms with Crippen molar-refractivity contribution in [3.8, 4) is 5.75 Å². The summed E-state index contributed by atoms with van der Waals surface area (Å²) in [5.41, 5.74) is 2.65. The third-order valence-corrected chi connectivity index (χ3v) is 4.99. The van der Waals surface area contributed by atoms with Gasteiger partial charge >= 0.3 is 10.1 Å². The third-order valence-electron chi connectivity index (χ3n) is 4.49. The molecule has 0 spiro atoms. The Hall–Kier alpha value is -2.34. The van der Waals surface area contributed by atoms with Crippen LogP contribution in [-0.4, -0.2) is 31.5 Å². The number of carbonyl (C=O) groups is 1. The predicted molar refractivity (Wildman–Crippen MR) is 107 cm³/mol. The first kappa shape index (κ1) is 21.0. The Morgan fingerprint density at radius 2 is 1.74 bits per heavy atom. The maximum atomic E-state index is 13.1. The highest BCUT2D eigenvalue weighted by atomic mass is 32.2. The van der Waals surface area contributed by atoms with E-state index < -0.39 is 10.1 Å². The second-order valence-electron chi connectivity index (χ2n) is 6.68. The van der Waals surface area contributed by atoms with E-state index in [1.54, 1.807) is 23.1 Å². The molecule has 6 heteroatoms. The molecule has 1 amide bonds. The lowest BCUT2D eigenvalue weighted by atomic mass is 10.1. The van der Waals surface area contributed by atoms with Crippen LogP contribution in [0.4, 0.5) is 0 Å². The number of hydrogen-bond acceptors (Lipinski definition) is 4. The van der Waals surface area contributed by atoms with Gasteiger partial charge in [0.15, 0.2) is 0 Å². The quantitative estimate of drug-likeness (QED) is 0.640. The lowest BCUT2D eigenvalue weighted by Crippen LogP contribution is -2.37. The Labute approximate surface area is 162 Å². The van der Waals surface area contributed by atoms with Crippen molar-refractivity contribution in [2.24, 2.45) is 0 Å². The summed E-state index contributed by atoms with van der Waals surface area (Å²) in [7, 11) is -3.59. The van der Waals surface area contributed by atoms with Crippen molar-refractivity contribution in [3.05, 3.63) is 65.2 Å². The average molecular weight is 390 g/mol. The van der Waals surface area contributed by atoms with E-state index in [0.717, 1.165) is 24.7 Å². The van der Waals surface area contributed by atoms with Crippen LogP contribution in [0.15, 0.2) is 48.5 Å². The summed E-state index contributed by atoms with van der Waals surface area (Å²) in [4.78, 5) is 14.9. The molecule has 2 rings (SSSR count). The maximum Gasteiger partial charge on any atom is 0.306 e. The molecule has 0 radical (unpaired) electrons. The van der Waals surface area contributed by atoms with Gasteiger partial charge in [-0.15, -0.1) is 0 Å². The molecule has 0 saturated carbocycles. The van der Waals surface area contributed by atoms with Crippen LogP contribution in [0.5, 0.6) is 5.75 Å². The summed E-state index contributed by atoms with van der Waals surface area (Å²) in [5.74, 6) is 0.209. The molecule has 0 aliphatic carbocycles. The lowest BCUT2D eigenvalue weighted by molar-refractivity contribution is 0.0671. The van der Waals surface area contributed by atoms with Gasteiger partial charge in [-0.3, -0.25) is 4.79 Å². The maximum absolute atomic E-state index is 13.1. The Balaban J connectivity index is 2.26. The second kappa shape index (κ2) is 9.04. The van der Waals surface area contributed by atoms with Gasteiger partial charge in [-0.2, -0.15) is 8.42 Å². The minimum atomic E-state index is -3.59. The van der Waals surface area contributed by atoms with Crippen LogP contribution in [0.2, 0.25) is 0 Å². The molecular weight excluding hydrogens is 362 g/mol. The Morgan fingerprint density at radius 3 is 2.30 bits per heavy atom. The van der Waals surface area contributed by atoms with Crippen molar-refractivity contribution in [1.29, 1.82) is 0 Å². The summed E-state index contributed by atoms with van der Waals surface area (Å²) < 4.78 is 27.6. The first-order valence-corrected chi connectivity index (χ1v) is 10.9. The Kier molecular flexibility index (Phi) is 7.02. The topological polar surface area (TPSA) is 63.7 Å². The average Bonchev–Trinajstić information content (AvgIpc) is 2.64. The Morgan fingerprint density at radius 1 is 1.07 bits per heavy atom. The monoisotopic (exact) mass is 389 g/mol. The molecule has 0 aliphatic rings. The number of rotatable bonds is 8. The summed E-state index contributed by atoms with van der Waals surface area (Å²) in [6, 6.07) is 14.5. The SMILES string of the molecule is CCc1ccc(C(=O)N(Cc2cccc(OS(C)(=O)=O)c2)C(C)CC)cc1. The van der Waals surface area contributed by atoms with Crippen molar-refractivity contribution in [2.45, 2.75) is 46.2 Å². The number of hydrogen-bond donors (Lipinski definition) is 0. The molecule has 0 N–H and O–H groups in total. The van der Waals surface area contributed by atoms with Crippen molar-refractivity contribution < 1.29 is 17.4 Å². The molecule has 2 aromatic carbocycles. The molecule has 0 aromatic heterocycles. The van der Waals surface area contributed by atoms with Crippen molar-refractivity contribution in [1.82, 2.24) is 4.90 Å². The summed E-state index contributed by atoms with van der Waals surface area (Å²) in [6.07, 6.45) is 2.75. The van der Waals surface area contributed by atoms with Crippen LogP contribution in [-0.2, 0) is 23.1 Å². The molecule has 1 atom stereocenters. The summed E-state index contributed by atoms with van der Waals surface area (Å²) in [5, 5.41) is 0. The smallest absolute Gasteiger partial charge is 0.306 e. The van der Waals surface area contributed by atoms with Gasteiger partial charge in [-0.25, -0.2) is 0 Å². The fourth-order valence-electron chi connectivity index (χ4n) is 2.76. The summed E-state index contributed by atoms with van der Waals surface area (Å²) in [6.45, 7) is 6.50. The number of nitrogens with zero attached hydrogens (tertiary/aromatic N) is 1. The first-order valence-electron chi connectivity index (χ1n) is 9.11. The van der Waals surface area contributed by atoms with Crippen LogP contribution in [0.3, 0.4) is 0 Å². The van der Waals surface area contributed by atoms with Crippen molar-refractivity contribution in [3.63, 3.8) is 0 Å². The molecule has 0 heterocycles. The van der Waals surface area contributed by atoms with Crippen molar-refractivity contribution >= 4 is 16.0 Å². The molecule has 0 fully saturated rings. The molecule has 2 aromatic rings. The van der Waals surface area contributed by atoms with E-state index >= 15 is 0 Å². The largest absolute Gasteiger partial charge is 0.383 e. The van der Waals surface area contributed by atoms with Gasteiger partial charge in [0, 0.05) is 18.2 Å². The van der Waals surface area contributed by atoms with E-state index in [9.17, 15) is 13.2 Å². The highest BCUT2D eigenvalue weighted by Gasteiger charge is 2.21. The fourth-order valence-corrected chi connectivity index (χ4v) is 3.22. The van der Waals surface area contributed by atoms with E-state index in [-0.39, 0.29) is 17.7 Å². The number of carbonyl (C=O) groups excluding carboxylic acids is 1. The van der Waals surface area contributed by atoms with E-state index in [1.165, 1.54) is 5.56 Å². The molecular formula is C21H27NO4S. The number of benzene rings is 2. The van der Waals surface area contributed by atoms with Crippen molar-refractivity contribution in [2.75, 3.05) is 6.26 Å². The second-order valence-corrected chi connectivity index (χ2v) is 8.25. The standard InChI is InChI=1S/C21H27NO4S/c1-5-16(3)22(21(23)19-12-10-17(6-2)11-13-19)15-18-8-7-9-20(14-18)26-27(4,24)25/h7-14,16H,5-6,15H2,1-4H3. The molecule has 0 bridgehead atoms. The van der Waals surface area contributed by atoms with Crippen LogP contribution in [0, 0.1) is 0 Å². The van der Waals surface area contributed by atoms with Crippen LogP contribution >= 0.6 is 0 Å². The summed E-state index contributed by atoms with van der Waals surface area (Å²) >= 11 is 0. The normalized spacial score (nSPS) is 12.4. The molecule has 27 heavy (non-hydrogen) atoms. The van der Waals surface area contributed by atoms with E-state index in [0.29, 0.717) is 12.1 Å².